The molecule has 0 aliphatic carbocycles. The summed E-state index contributed by atoms with van der Waals surface area (Å²) >= 11 is 0. The van der Waals surface area contributed by atoms with Crippen LogP contribution in [0.5, 0.6) is 0 Å². The summed E-state index contributed by atoms with van der Waals surface area (Å²) in [7, 11) is 0. The summed E-state index contributed by atoms with van der Waals surface area (Å²) in [5.74, 6) is 0.0532. The minimum atomic E-state index is 0.0532. The number of nitrogens with zero attached hydrogens (tertiary/aromatic N) is 1. The molecule has 3 N–H and O–H groups in total. The molecule has 0 aliphatic rings. The van der Waals surface area contributed by atoms with E-state index in [2.05, 4.69) is 0 Å². The van der Waals surface area contributed by atoms with Gasteiger partial charge in [-0.05, 0) is 45.2 Å². The van der Waals surface area contributed by atoms with Crippen molar-refractivity contribution in [2.75, 3.05) is 26.2 Å². The molecular weight excluding hydrogens is 204 g/mol. The second kappa shape index (κ2) is 10.6. The minimum absolute atomic E-state index is 0.0532. The first kappa shape index (κ1) is 15.1. The van der Waals surface area contributed by atoms with E-state index in [0.717, 1.165) is 32.2 Å². The Morgan fingerprint density at radius 3 is 2.38 bits per heavy atom. The van der Waals surface area contributed by atoms with Crippen molar-refractivity contribution in [2.24, 2.45) is 5.73 Å². The van der Waals surface area contributed by atoms with Crippen molar-refractivity contribution >= 4 is 5.91 Å². The van der Waals surface area contributed by atoms with Gasteiger partial charge in [-0.2, -0.15) is 0 Å². The first-order valence-corrected chi connectivity index (χ1v) is 5.98. The largest absolute Gasteiger partial charge is 0.396 e. The van der Waals surface area contributed by atoms with Gasteiger partial charge in [0.05, 0.1) is 0 Å². The normalized spacial score (nSPS) is 10.9. The maximum atomic E-state index is 11.7. The van der Waals surface area contributed by atoms with Gasteiger partial charge < -0.3 is 15.7 Å². The molecule has 0 saturated heterocycles. The lowest BCUT2D eigenvalue weighted by Crippen LogP contribution is -2.32. The first-order chi connectivity index (χ1) is 7.76. The Morgan fingerprint density at radius 2 is 1.88 bits per heavy atom. The first-order valence-electron chi connectivity index (χ1n) is 5.98. The molecule has 1 amide bonds. The molecule has 0 saturated carbocycles. The third-order valence-corrected chi connectivity index (χ3v) is 2.34. The van der Waals surface area contributed by atoms with Crippen LogP contribution in [-0.2, 0) is 4.79 Å². The van der Waals surface area contributed by atoms with Crippen LogP contribution in [0.1, 0.15) is 32.6 Å². The second-order valence-electron chi connectivity index (χ2n) is 3.75. The van der Waals surface area contributed by atoms with E-state index in [9.17, 15) is 4.79 Å². The lowest BCUT2D eigenvalue weighted by Gasteiger charge is -2.21. The Balaban J connectivity index is 3.99. The number of rotatable bonds is 9. The van der Waals surface area contributed by atoms with Crippen molar-refractivity contribution in [3.8, 4) is 0 Å². The number of nitrogens with two attached hydrogens (primary N) is 1. The SMILES string of the molecule is C/C=C\C(=O)N(CCCCN)CCCCO. The minimum Gasteiger partial charge on any atom is -0.396 e. The number of hydrogen-bond acceptors (Lipinski definition) is 3. The summed E-state index contributed by atoms with van der Waals surface area (Å²) in [5, 5.41) is 8.70. The zero-order chi connectivity index (χ0) is 12.2. The smallest absolute Gasteiger partial charge is 0.246 e. The molecule has 0 atom stereocenters. The lowest BCUT2D eigenvalue weighted by molar-refractivity contribution is -0.126. The Morgan fingerprint density at radius 1 is 1.25 bits per heavy atom. The van der Waals surface area contributed by atoms with Crippen LogP contribution < -0.4 is 5.73 Å². The summed E-state index contributed by atoms with van der Waals surface area (Å²) in [6.07, 6.45) is 6.82. The summed E-state index contributed by atoms with van der Waals surface area (Å²) in [5.41, 5.74) is 5.42. The Bertz CT molecular complexity index is 195. The predicted molar refractivity (Wildman–Crippen MR) is 66.0 cm³/mol. The summed E-state index contributed by atoms with van der Waals surface area (Å²) < 4.78 is 0. The van der Waals surface area contributed by atoms with Crippen LogP contribution in [0.25, 0.3) is 0 Å². The van der Waals surface area contributed by atoms with Crippen LogP contribution in [0, 0.1) is 0 Å². The topological polar surface area (TPSA) is 66.6 Å². The van der Waals surface area contributed by atoms with Gasteiger partial charge in [0, 0.05) is 19.7 Å². The maximum Gasteiger partial charge on any atom is 0.246 e. The highest BCUT2D eigenvalue weighted by atomic mass is 16.2. The molecule has 0 unspecified atom stereocenters. The second-order valence-corrected chi connectivity index (χ2v) is 3.75. The third kappa shape index (κ3) is 7.43. The number of aliphatic hydroxyl groups excluding tert-OH is 1. The predicted octanol–water partition coefficient (Wildman–Crippen LogP) is 0.903. The van der Waals surface area contributed by atoms with Crippen molar-refractivity contribution in [3.05, 3.63) is 12.2 Å². The van der Waals surface area contributed by atoms with Gasteiger partial charge in [0.2, 0.25) is 5.91 Å². The van der Waals surface area contributed by atoms with Gasteiger partial charge in [-0.25, -0.2) is 0 Å². The zero-order valence-corrected chi connectivity index (χ0v) is 10.2. The number of carbonyl (C=O) groups excluding carboxylic acids is 1. The zero-order valence-electron chi connectivity index (χ0n) is 10.2. The molecule has 4 heteroatoms. The number of carbonyl (C=O) groups is 1. The highest BCUT2D eigenvalue weighted by molar-refractivity contribution is 5.87. The van der Waals surface area contributed by atoms with Gasteiger partial charge in [0.1, 0.15) is 0 Å². The fourth-order valence-electron chi connectivity index (χ4n) is 1.44. The fraction of sp³-hybridized carbons (Fsp3) is 0.750. The van der Waals surface area contributed by atoms with E-state index in [1.54, 1.807) is 12.2 Å². The fourth-order valence-corrected chi connectivity index (χ4v) is 1.44. The van der Waals surface area contributed by atoms with Crippen LogP contribution in [-0.4, -0.2) is 42.2 Å². The van der Waals surface area contributed by atoms with Gasteiger partial charge in [-0.1, -0.05) is 6.08 Å². The van der Waals surface area contributed by atoms with Crippen molar-refractivity contribution in [1.29, 1.82) is 0 Å². The van der Waals surface area contributed by atoms with E-state index in [1.165, 1.54) is 0 Å². The lowest BCUT2D eigenvalue weighted by atomic mass is 10.2. The van der Waals surface area contributed by atoms with Gasteiger partial charge in [0.15, 0.2) is 0 Å². The van der Waals surface area contributed by atoms with Gasteiger partial charge >= 0.3 is 0 Å². The molecule has 94 valence electrons. The van der Waals surface area contributed by atoms with E-state index in [-0.39, 0.29) is 12.5 Å². The molecule has 4 nitrogen and oxygen atoms in total. The molecule has 0 aliphatic heterocycles. The van der Waals surface area contributed by atoms with Gasteiger partial charge in [0.25, 0.3) is 0 Å². The molecule has 0 fully saturated rings. The van der Waals surface area contributed by atoms with E-state index < -0.39 is 0 Å². The summed E-state index contributed by atoms with van der Waals surface area (Å²) in [4.78, 5) is 13.5. The maximum absolute atomic E-state index is 11.7. The molecule has 0 spiro atoms. The van der Waals surface area contributed by atoms with E-state index in [1.807, 2.05) is 11.8 Å². The molecule has 0 aromatic rings. The van der Waals surface area contributed by atoms with Crippen LogP contribution in [0.15, 0.2) is 12.2 Å². The number of hydrogen-bond donors (Lipinski definition) is 2. The van der Waals surface area contributed by atoms with Crippen LogP contribution >= 0.6 is 0 Å². The molecule has 0 aromatic heterocycles. The van der Waals surface area contributed by atoms with Crippen LogP contribution in [0.3, 0.4) is 0 Å². The van der Waals surface area contributed by atoms with Crippen molar-refractivity contribution < 1.29 is 9.90 Å². The van der Waals surface area contributed by atoms with Gasteiger partial charge in [-0.3, -0.25) is 4.79 Å². The molecule has 0 rings (SSSR count). The van der Waals surface area contributed by atoms with Crippen LogP contribution in [0.4, 0.5) is 0 Å². The third-order valence-electron chi connectivity index (χ3n) is 2.34. The highest BCUT2D eigenvalue weighted by Crippen LogP contribution is 2.00. The van der Waals surface area contributed by atoms with Crippen molar-refractivity contribution in [1.82, 2.24) is 4.90 Å². The molecule has 0 aromatic carbocycles. The monoisotopic (exact) mass is 228 g/mol. The molecule has 0 heterocycles. The average molecular weight is 228 g/mol. The standard InChI is InChI=1S/C12H24N2O2/c1-2-7-12(16)14(9-4-3-8-13)10-5-6-11-15/h2,7,15H,3-6,8-11,13H2,1H3/b7-2-. The number of allylic oxidation sites excluding steroid dienone is 1. The highest BCUT2D eigenvalue weighted by Gasteiger charge is 2.08. The van der Waals surface area contributed by atoms with E-state index >= 15 is 0 Å². The number of unbranched alkanes of at least 4 members (excludes halogenated alkanes) is 2. The van der Waals surface area contributed by atoms with E-state index in [4.69, 9.17) is 10.8 Å². The van der Waals surface area contributed by atoms with Crippen molar-refractivity contribution in [3.63, 3.8) is 0 Å². The molecule has 16 heavy (non-hydrogen) atoms. The summed E-state index contributed by atoms with van der Waals surface area (Å²) in [6.45, 7) is 4.17. The number of aliphatic hydroxyl groups is 1. The van der Waals surface area contributed by atoms with Gasteiger partial charge in [-0.15, -0.1) is 0 Å². The van der Waals surface area contributed by atoms with Crippen LogP contribution in [0.2, 0.25) is 0 Å². The summed E-state index contributed by atoms with van der Waals surface area (Å²) in [6, 6.07) is 0. The quantitative estimate of drug-likeness (QED) is 0.455. The van der Waals surface area contributed by atoms with Crippen molar-refractivity contribution in [2.45, 2.75) is 32.6 Å². The Kier molecular flexibility index (Phi) is 10.1. The molecular formula is C12H24N2O2. The average Bonchev–Trinajstić information content (AvgIpc) is 2.28. The molecule has 0 radical (unpaired) electrons. The van der Waals surface area contributed by atoms with E-state index in [0.29, 0.717) is 13.1 Å². The molecule has 0 bridgehead atoms. The Labute approximate surface area is 98.1 Å². The number of amides is 1. The Hall–Kier alpha value is -0.870.